The Labute approximate surface area is 172 Å². The average Bonchev–Trinajstić information content (AvgIpc) is 2.72. The molecular weight excluding hydrogens is 382 g/mol. The number of hydrogen-bond acceptors (Lipinski definition) is 3. The van der Waals surface area contributed by atoms with Crippen molar-refractivity contribution >= 4 is 15.7 Å². The smallest absolute Gasteiger partial charge is 0.252 e. The number of amides is 1. The first-order valence-electron chi connectivity index (χ1n) is 9.57. The van der Waals surface area contributed by atoms with Crippen LogP contribution in [0.25, 0.3) is 0 Å². The van der Waals surface area contributed by atoms with Gasteiger partial charge in [-0.05, 0) is 54.7 Å². The van der Waals surface area contributed by atoms with Gasteiger partial charge in [-0.1, -0.05) is 60.7 Å². The van der Waals surface area contributed by atoms with Gasteiger partial charge in [-0.3, -0.25) is 4.79 Å². The first-order valence-corrected chi connectivity index (χ1v) is 11.5. The molecule has 0 aromatic heterocycles. The summed E-state index contributed by atoms with van der Waals surface area (Å²) in [6.45, 7) is 1.89. The lowest BCUT2D eigenvalue weighted by atomic mass is 9.99. The standard InChI is InChI=1S/C24H25NO3S/c1-18(20-14-16-22(17-15-20)29(2,27)28)25-24(26)23-11-7-6-10-21(23)13-12-19-8-4-3-5-9-19/h3-11,14-18H,12-13H2,1-2H3,(H,25,26)/t18-/m1/s1. The van der Waals surface area contributed by atoms with Crippen LogP contribution in [0, 0.1) is 0 Å². The number of sulfone groups is 1. The third-order valence-corrected chi connectivity index (χ3v) is 6.07. The van der Waals surface area contributed by atoms with Crippen LogP contribution in [-0.4, -0.2) is 20.6 Å². The van der Waals surface area contributed by atoms with Crippen LogP contribution >= 0.6 is 0 Å². The van der Waals surface area contributed by atoms with E-state index >= 15 is 0 Å². The van der Waals surface area contributed by atoms with E-state index in [4.69, 9.17) is 0 Å². The van der Waals surface area contributed by atoms with Gasteiger partial charge in [-0.25, -0.2) is 8.42 Å². The van der Waals surface area contributed by atoms with Crippen molar-refractivity contribution in [2.75, 3.05) is 6.26 Å². The van der Waals surface area contributed by atoms with Gasteiger partial charge in [0.2, 0.25) is 0 Å². The topological polar surface area (TPSA) is 63.2 Å². The number of carbonyl (C=O) groups excluding carboxylic acids is 1. The molecule has 0 bridgehead atoms. The zero-order valence-electron chi connectivity index (χ0n) is 16.6. The molecule has 0 saturated heterocycles. The first-order chi connectivity index (χ1) is 13.8. The molecule has 150 valence electrons. The fourth-order valence-corrected chi connectivity index (χ4v) is 3.88. The molecular formula is C24H25NO3S. The largest absolute Gasteiger partial charge is 0.346 e. The molecule has 3 rings (SSSR count). The summed E-state index contributed by atoms with van der Waals surface area (Å²) in [5.74, 6) is -0.131. The van der Waals surface area contributed by atoms with Crippen LogP contribution < -0.4 is 5.32 Å². The second-order valence-electron chi connectivity index (χ2n) is 7.18. The predicted octanol–water partition coefficient (Wildman–Crippen LogP) is 4.37. The van der Waals surface area contributed by atoms with Crippen molar-refractivity contribution in [3.05, 3.63) is 101 Å². The lowest BCUT2D eigenvalue weighted by Crippen LogP contribution is -2.27. The Morgan fingerprint density at radius 1 is 0.862 bits per heavy atom. The highest BCUT2D eigenvalue weighted by atomic mass is 32.2. The molecule has 3 aromatic rings. The van der Waals surface area contributed by atoms with Crippen molar-refractivity contribution in [2.45, 2.75) is 30.7 Å². The third-order valence-electron chi connectivity index (χ3n) is 4.94. The first kappa shape index (κ1) is 20.8. The Morgan fingerprint density at radius 2 is 1.48 bits per heavy atom. The third kappa shape index (κ3) is 5.55. The highest BCUT2D eigenvalue weighted by molar-refractivity contribution is 7.90. The zero-order chi connectivity index (χ0) is 20.9. The van der Waals surface area contributed by atoms with Crippen molar-refractivity contribution in [3.63, 3.8) is 0 Å². The van der Waals surface area contributed by atoms with Crippen LogP contribution in [0.15, 0.2) is 83.8 Å². The van der Waals surface area contributed by atoms with Crippen molar-refractivity contribution in [2.24, 2.45) is 0 Å². The second kappa shape index (κ2) is 9.05. The number of rotatable bonds is 7. The highest BCUT2D eigenvalue weighted by Crippen LogP contribution is 2.18. The van der Waals surface area contributed by atoms with Gasteiger partial charge in [0.25, 0.3) is 5.91 Å². The van der Waals surface area contributed by atoms with Crippen molar-refractivity contribution in [1.29, 1.82) is 0 Å². The molecule has 0 spiro atoms. The van der Waals surface area contributed by atoms with Crippen LogP contribution in [0.5, 0.6) is 0 Å². The Hall–Kier alpha value is -2.92. The summed E-state index contributed by atoms with van der Waals surface area (Å²) in [6, 6.07) is 24.2. The molecule has 0 aliphatic carbocycles. The van der Waals surface area contributed by atoms with Gasteiger partial charge in [-0.2, -0.15) is 0 Å². The van der Waals surface area contributed by atoms with Crippen LogP contribution in [-0.2, 0) is 22.7 Å². The van der Waals surface area contributed by atoms with Crippen LogP contribution in [0.2, 0.25) is 0 Å². The van der Waals surface area contributed by atoms with Crippen molar-refractivity contribution in [3.8, 4) is 0 Å². The molecule has 29 heavy (non-hydrogen) atoms. The lowest BCUT2D eigenvalue weighted by Gasteiger charge is -2.16. The highest BCUT2D eigenvalue weighted by Gasteiger charge is 2.15. The molecule has 0 fully saturated rings. The fourth-order valence-electron chi connectivity index (χ4n) is 3.24. The second-order valence-corrected chi connectivity index (χ2v) is 9.19. The van der Waals surface area contributed by atoms with E-state index in [0.29, 0.717) is 5.56 Å². The number of benzene rings is 3. The van der Waals surface area contributed by atoms with E-state index in [1.165, 1.54) is 11.8 Å². The van der Waals surface area contributed by atoms with Crippen LogP contribution in [0.1, 0.15) is 40.0 Å². The molecule has 1 N–H and O–H groups in total. The zero-order valence-corrected chi connectivity index (χ0v) is 17.4. The van der Waals surface area contributed by atoms with Gasteiger partial charge < -0.3 is 5.32 Å². The lowest BCUT2D eigenvalue weighted by molar-refractivity contribution is 0.0939. The predicted molar refractivity (Wildman–Crippen MR) is 116 cm³/mol. The molecule has 0 heterocycles. The number of aryl methyl sites for hydroxylation is 2. The summed E-state index contributed by atoms with van der Waals surface area (Å²) in [4.78, 5) is 13.1. The van der Waals surface area contributed by atoms with Gasteiger partial charge in [0.15, 0.2) is 9.84 Å². The SMILES string of the molecule is C[C@@H](NC(=O)c1ccccc1CCc1ccccc1)c1ccc(S(C)(=O)=O)cc1. The molecule has 0 aliphatic heterocycles. The van der Waals surface area contributed by atoms with Gasteiger partial charge >= 0.3 is 0 Å². The van der Waals surface area contributed by atoms with E-state index in [9.17, 15) is 13.2 Å². The minimum Gasteiger partial charge on any atom is -0.346 e. The molecule has 0 saturated carbocycles. The van der Waals surface area contributed by atoms with Crippen molar-refractivity contribution < 1.29 is 13.2 Å². The number of hydrogen-bond donors (Lipinski definition) is 1. The summed E-state index contributed by atoms with van der Waals surface area (Å²) in [5, 5.41) is 3.02. The normalized spacial score (nSPS) is 12.3. The van der Waals surface area contributed by atoms with Crippen molar-refractivity contribution in [1.82, 2.24) is 5.32 Å². The molecule has 1 amide bonds. The van der Waals surface area contributed by atoms with Gasteiger partial charge in [-0.15, -0.1) is 0 Å². The quantitative estimate of drug-likeness (QED) is 0.633. The fraction of sp³-hybridized carbons (Fsp3) is 0.208. The minimum atomic E-state index is -3.23. The Balaban J connectivity index is 1.70. The molecule has 0 aliphatic rings. The molecule has 3 aromatic carbocycles. The van der Waals surface area contributed by atoms with Crippen LogP contribution in [0.3, 0.4) is 0 Å². The van der Waals surface area contributed by atoms with Gasteiger partial charge in [0.05, 0.1) is 10.9 Å². The number of nitrogens with one attached hydrogen (secondary N) is 1. The number of carbonyl (C=O) groups is 1. The summed E-state index contributed by atoms with van der Waals surface area (Å²) in [7, 11) is -3.23. The summed E-state index contributed by atoms with van der Waals surface area (Å²) >= 11 is 0. The van der Waals surface area contributed by atoms with E-state index in [-0.39, 0.29) is 16.8 Å². The minimum absolute atomic E-state index is 0.131. The average molecular weight is 408 g/mol. The van der Waals surface area contributed by atoms with E-state index < -0.39 is 9.84 Å². The van der Waals surface area contributed by atoms with Gasteiger partial charge in [0.1, 0.15) is 0 Å². The Kier molecular flexibility index (Phi) is 6.49. The summed E-state index contributed by atoms with van der Waals surface area (Å²) in [6.07, 6.45) is 2.83. The molecule has 4 nitrogen and oxygen atoms in total. The monoisotopic (exact) mass is 407 g/mol. The van der Waals surface area contributed by atoms with E-state index in [2.05, 4.69) is 17.4 Å². The molecule has 1 atom stereocenters. The summed E-state index contributed by atoms with van der Waals surface area (Å²) < 4.78 is 23.2. The summed E-state index contributed by atoms with van der Waals surface area (Å²) in [5.41, 5.74) is 3.77. The molecule has 0 radical (unpaired) electrons. The maximum atomic E-state index is 12.9. The van der Waals surface area contributed by atoms with E-state index in [1.54, 1.807) is 24.3 Å². The van der Waals surface area contributed by atoms with E-state index in [0.717, 1.165) is 24.0 Å². The van der Waals surface area contributed by atoms with Gasteiger partial charge in [0, 0.05) is 11.8 Å². The maximum Gasteiger partial charge on any atom is 0.252 e. The van der Waals surface area contributed by atoms with E-state index in [1.807, 2.05) is 49.4 Å². The molecule has 0 unspecified atom stereocenters. The maximum absolute atomic E-state index is 12.9. The Bertz CT molecular complexity index is 1070. The Morgan fingerprint density at radius 3 is 2.14 bits per heavy atom. The van der Waals surface area contributed by atoms with Crippen LogP contribution in [0.4, 0.5) is 0 Å². The molecule has 5 heteroatoms.